The van der Waals surface area contributed by atoms with Crippen molar-refractivity contribution in [2.45, 2.75) is 26.9 Å². The number of alkyl halides is 3. The molecule has 19 heavy (non-hydrogen) atoms. The van der Waals surface area contributed by atoms with Crippen molar-refractivity contribution in [3.05, 3.63) is 17.7 Å². The molecule has 0 aromatic carbocycles. The van der Waals surface area contributed by atoms with Gasteiger partial charge in [0.05, 0.1) is 5.56 Å². The van der Waals surface area contributed by atoms with Crippen molar-refractivity contribution < 1.29 is 13.2 Å². The fourth-order valence-electron chi connectivity index (χ4n) is 1.79. The molecule has 0 bridgehead atoms. The highest BCUT2D eigenvalue weighted by atomic mass is 19.4. The first kappa shape index (κ1) is 15.6. The second-order valence-electron chi connectivity index (χ2n) is 4.90. The van der Waals surface area contributed by atoms with Crippen LogP contribution in [0.25, 0.3) is 0 Å². The monoisotopic (exact) mass is 275 g/mol. The normalized spacial score (nSPS) is 11.8. The van der Waals surface area contributed by atoms with E-state index in [2.05, 4.69) is 10.3 Å². The predicted octanol–water partition coefficient (Wildman–Crippen LogP) is 3.62. The van der Waals surface area contributed by atoms with Gasteiger partial charge >= 0.3 is 6.18 Å². The molecule has 1 rings (SSSR count). The Labute approximate surface area is 111 Å². The lowest BCUT2D eigenvalue weighted by atomic mass is 10.2. The maximum absolute atomic E-state index is 12.8. The van der Waals surface area contributed by atoms with Crippen molar-refractivity contribution in [1.82, 2.24) is 4.98 Å². The van der Waals surface area contributed by atoms with Crippen LogP contribution in [0.15, 0.2) is 12.1 Å². The van der Waals surface area contributed by atoms with E-state index in [-0.39, 0.29) is 5.82 Å². The summed E-state index contributed by atoms with van der Waals surface area (Å²) in [4.78, 5) is 5.94. The van der Waals surface area contributed by atoms with Crippen LogP contribution in [-0.2, 0) is 6.18 Å². The summed E-state index contributed by atoms with van der Waals surface area (Å²) >= 11 is 0. The number of nitrogens with zero attached hydrogens (tertiary/aromatic N) is 2. The van der Waals surface area contributed by atoms with Gasteiger partial charge in [-0.1, -0.05) is 13.8 Å². The molecule has 0 atom stereocenters. The number of hydrogen-bond acceptors (Lipinski definition) is 3. The van der Waals surface area contributed by atoms with Crippen LogP contribution in [0.4, 0.5) is 24.8 Å². The van der Waals surface area contributed by atoms with Crippen molar-refractivity contribution in [2.24, 2.45) is 5.92 Å². The van der Waals surface area contributed by atoms with E-state index in [1.807, 2.05) is 20.8 Å². The summed E-state index contributed by atoms with van der Waals surface area (Å²) in [7, 11) is 1.75. The third kappa shape index (κ3) is 4.61. The van der Waals surface area contributed by atoms with E-state index in [1.165, 1.54) is 0 Å². The lowest BCUT2D eigenvalue weighted by Crippen LogP contribution is -2.24. The lowest BCUT2D eigenvalue weighted by molar-refractivity contribution is -0.137. The van der Waals surface area contributed by atoms with Gasteiger partial charge in [-0.05, 0) is 25.0 Å². The number of nitrogens with one attached hydrogen (secondary N) is 1. The van der Waals surface area contributed by atoms with Gasteiger partial charge in [-0.3, -0.25) is 0 Å². The van der Waals surface area contributed by atoms with E-state index in [0.717, 1.165) is 12.1 Å². The number of aromatic nitrogens is 1. The Balaban J connectivity index is 3.12. The summed E-state index contributed by atoms with van der Waals surface area (Å²) in [5.41, 5.74) is -0.677. The fraction of sp³-hybridized carbons (Fsp3) is 0.615. The van der Waals surface area contributed by atoms with Crippen molar-refractivity contribution in [3.63, 3.8) is 0 Å². The highest BCUT2D eigenvalue weighted by Gasteiger charge is 2.32. The summed E-state index contributed by atoms with van der Waals surface area (Å²) in [5, 5.41) is 2.83. The molecule has 1 heterocycles. The molecule has 0 saturated carbocycles. The van der Waals surface area contributed by atoms with Crippen molar-refractivity contribution in [1.29, 1.82) is 0 Å². The number of rotatable bonds is 5. The van der Waals surface area contributed by atoms with Gasteiger partial charge in [0.1, 0.15) is 11.6 Å². The maximum Gasteiger partial charge on any atom is 0.416 e. The molecule has 3 nitrogen and oxygen atoms in total. The molecule has 0 amide bonds. The van der Waals surface area contributed by atoms with Gasteiger partial charge in [-0.2, -0.15) is 13.2 Å². The highest BCUT2D eigenvalue weighted by molar-refractivity contribution is 5.51. The van der Waals surface area contributed by atoms with Crippen LogP contribution in [0.1, 0.15) is 26.3 Å². The van der Waals surface area contributed by atoms with E-state index >= 15 is 0 Å². The van der Waals surface area contributed by atoms with Gasteiger partial charge < -0.3 is 10.2 Å². The predicted molar refractivity (Wildman–Crippen MR) is 71.5 cm³/mol. The molecule has 0 unspecified atom stereocenters. The highest BCUT2D eigenvalue weighted by Crippen LogP contribution is 2.32. The van der Waals surface area contributed by atoms with E-state index in [4.69, 9.17) is 0 Å². The molecule has 6 heteroatoms. The summed E-state index contributed by atoms with van der Waals surface area (Å²) in [6.45, 7) is 7.02. The average Bonchev–Trinajstić information content (AvgIpc) is 2.27. The van der Waals surface area contributed by atoms with Gasteiger partial charge in [0.25, 0.3) is 0 Å². The van der Waals surface area contributed by atoms with Gasteiger partial charge in [0.2, 0.25) is 0 Å². The topological polar surface area (TPSA) is 28.2 Å². The second-order valence-corrected chi connectivity index (χ2v) is 4.90. The molecule has 0 saturated heterocycles. The van der Waals surface area contributed by atoms with Crippen LogP contribution in [0, 0.1) is 5.92 Å². The lowest BCUT2D eigenvalue weighted by Gasteiger charge is -2.22. The Morgan fingerprint density at radius 1 is 1.32 bits per heavy atom. The molecule has 0 fully saturated rings. The quantitative estimate of drug-likeness (QED) is 0.889. The smallest absolute Gasteiger partial charge is 0.370 e. The van der Waals surface area contributed by atoms with Crippen LogP contribution in [-0.4, -0.2) is 25.1 Å². The van der Waals surface area contributed by atoms with Crippen LogP contribution in [0.3, 0.4) is 0 Å². The zero-order chi connectivity index (χ0) is 14.6. The minimum absolute atomic E-state index is 0.253. The SMILES string of the molecule is CCNc1cc(C(F)(F)F)cc(N(C)CC(C)C)n1. The first-order chi connectivity index (χ1) is 8.74. The molecule has 0 radical (unpaired) electrons. The average molecular weight is 275 g/mol. The van der Waals surface area contributed by atoms with Gasteiger partial charge in [-0.25, -0.2) is 4.98 Å². The van der Waals surface area contributed by atoms with Crippen molar-refractivity contribution in [3.8, 4) is 0 Å². The van der Waals surface area contributed by atoms with Crippen molar-refractivity contribution in [2.75, 3.05) is 30.4 Å². The molecular weight excluding hydrogens is 255 g/mol. The second kappa shape index (κ2) is 6.12. The van der Waals surface area contributed by atoms with Gasteiger partial charge in [0, 0.05) is 20.1 Å². The molecule has 108 valence electrons. The third-order valence-corrected chi connectivity index (χ3v) is 2.53. The largest absolute Gasteiger partial charge is 0.416 e. The zero-order valence-electron chi connectivity index (χ0n) is 11.7. The van der Waals surface area contributed by atoms with E-state index in [0.29, 0.717) is 24.8 Å². The molecule has 1 N–H and O–H groups in total. The maximum atomic E-state index is 12.8. The third-order valence-electron chi connectivity index (χ3n) is 2.53. The number of anilines is 2. The van der Waals surface area contributed by atoms with E-state index in [1.54, 1.807) is 11.9 Å². The molecule has 0 aliphatic heterocycles. The van der Waals surface area contributed by atoms with Crippen LogP contribution in [0.2, 0.25) is 0 Å². The molecule has 0 aliphatic carbocycles. The van der Waals surface area contributed by atoms with Gasteiger partial charge in [0.15, 0.2) is 0 Å². The summed E-state index contributed by atoms with van der Waals surface area (Å²) < 4.78 is 38.5. The van der Waals surface area contributed by atoms with Crippen LogP contribution < -0.4 is 10.2 Å². The number of halogens is 3. The minimum atomic E-state index is -4.36. The first-order valence-corrected chi connectivity index (χ1v) is 6.28. The molecule has 0 aliphatic rings. The first-order valence-electron chi connectivity index (χ1n) is 6.28. The Morgan fingerprint density at radius 3 is 2.42 bits per heavy atom. The Kier molecular flexibility index (Phi) is 5.03. The Morgan fingerprint density at radius 2 is 1.95 bits per heavy atom. The van der Waals surface area contributed by atoms with Crippen LogP contribution >= 0.6 is 0 Å². The molecular formula is C13H20F3N3. The van der Waals surface area contributed by atoms with E-state index < -0.39 is 11.7 Å². The summed E-state index contributed by atoms with van der Waals surface area (Å²) in [6.07, 6.45) is -4.36. The Bertz CT molecular complexity index is 416. The minimum Gasteiger partial charge on any atom is -0.370 e. The number of hydrogen-bond donors (Lipinski definition) is 1. The zero-order valence-corrected chi connectivity index (χ0v) is 11.7. The van der Waals surface area contributed by atoms with Gasteiger partial charge in [-0.15, -0.1) is 0 Å². The standard InChI is InChI=1S/C13H20F3N3/c1-5-17-11-6-10(13(14,15)16)7-12(18-11)19(4)8-9(2)3/h6-7,9H,5,8H2,1-4H3,(H,17,18). The van der Waals surface area contributed by atoms with E-state index in [9.17, 15) is 13.2 Å². The molecule has 1 aromatic rings. The molecule has 1 aromatic heterocycles. The summed E-state index contributed by atoms with van der Waals surface area (Å²) in [6, 6.07) is 2.12. The summed E-state index contributed by atoms with van der Waals surface area (Å²) in [5.74, 6) is 0.936. The fourth-order valence-corrected chi connectivity index (χ4v) is 1.79. The molecule has 0 spiro atoms. The van der Waals surface area contributed by atoms with Crippen molar-refractivity contribution >= 4 is 11.6 Å². The van der Waals surface area contributed by atoms with Crippen LogP contribution in [0.5, 0.6) is 0 Å². The Hall–Kier alpha value is -1.46. The number of pyridine rings is 1.